The van der Waals surface area contributed by atoms with E-state index in [1.807, 2.05) is 18.2 Å². The van der Waals surface area contributed by atoms with Crippen molar-refractivity contribution in [1.29, 1.82) is 0 Å². The first-order valence-electron chi connectivity index (χ1n) is 6.47. The van der Waals surface area contributed by atoms with Crippen LogP contribution in [-0.2, 0) is 0 Å². The van der Waals surface area contributed by atoms with Crippen molar-refractivity contribution < 1.29 is 10.2 Å². The van der Waals surface area contributed by atoms with Crippen LogP contribution in [0.4, 0.5) is 5.69 Å². The van der Waals surface area contributed by atoms with Crippen molar-refractivity contribution in [3.8, 4) is 0 Å². The molecular weight excluding hydrogens is 214 g/mol. The summed E-state index contributed by atoms with van der Waals surface area (Å²) in [6.45, 7) is 0. The van der Waals surface area contributed by atoms with Gasteiger partial charge in [0.1, 0.15) is 0 Å². The van der Waals surface area contributed by atoms with Gasteiger partial charge in [-0.15, -0.1) is 0 Å². The first-order chi connectivity index (χ1) is 8.27. The predicted octanol–water partition coefficient (Wildman–Crippen LogP) is 1.54. The van der Waals surface area contributed by atoms with Crippen LogP contribution in [0.25, 0.3) is 0 Å². The highest BCUT2D eigenvalue weighted by atomic mass is 16.3. The number of nitrogens with zero attached hydrogens (tertiary/aromatic N) is 1. The van der Waals surface area contributed by atoms with E-state index in [4.69, 9.17) is 0 Å². The summed E-state index contributed by atoms with van der Waals surface area (Å²) in [5.74, 6) is 0. The van der Waals surface area contributed by atoms with Gasteiger partial charge in [-0.3, -0.25) is 0 Å². The number of benzene rings is 1. The third-order valence-corrected chi connectivity index (χ3v) is 4.17. The van der Waals surface area contributed by atoms with Gasteiger partial charge in [0.2, 0.25) is 0 Å². The molecule has 3 nitrogen and oxygen atoms in total. The Morgan fingerprint density at radius 3 is 1.88 bits per heavy atom. The molecule has 17 heavy (non-hydrogen) atoms. The number of para-hydroxylation sites is 1. The standard InChI is InChI=1S/C14H19NO2/c16-13-8-6-11-14(17)9-7-12(13)15(11)10-4-2-1-3-5-10/h1-5,11-14,16-17H,6-9H2/t11-,12-,13-,14+/m0/s1. The molecular formula is C14H19NO2. The Morgan fingerprint density at radius 2 is 1.35 bits per heavy atom. The van der Waals surface area contributed by atoms with E-state index >= 15 is 0 Å². The van der Waals surface area contributed by atoms with Gasteiger partial charge in [-0.2, -0.15) is 0 Å². The van der Waals surface area contributed by atoms with E-state index in [0.717, 1.165) is 31.4 Å². The molecule has 0 saturated carbocycles. The van der Waals surface area contributed by atoms with E-state index in [0.29, 0.717) is 0 Å². The van der Waals surface area contributed by atoms with Gasteiger partial charge >= 0.3 is 0 Å². The summed E-state index contributed by atoms with van der Waals surface area (Å²) in [7, 11) is 0. The highest BCUT2D eigenvalue weighted by Gasteiger charge is 2.43. The zero-order chi connectivity index (χ0) is 11.8. The molecule has 0 spiro atoms. The second-order valence-corrected chi connectivity index (χ2v) is 5.17. The molecule has 2 bridgehead atoms. The Hall–Kier alpha value is -1.06. The van der Waals surface area contributed by atoms with Crippen LogP contribution in [0, 0.1) is 0 Å². The van der Waals surface area contributed by atoms with Crippen LogP contribution in [0.1, 0.15) is 25.7 Å². The van der Waals surface area contributed by atoms with Crippen LogP contribution < -0.4 is 4.90 Å². The lowest BCUT2D eigenvalue weighted by atomic mass is 9.80. The van der Waals surface area contributed by atoms with Crippen molar-refractivity contribution in [3.63, 3.8) is 0 Å². The highest BCUT2D eigenvalue weighted by molar-refractivity contribution is 5.50. The van der Waals surface area contributed by atoms with Crippen molar-refractivity contribution in [1.82, 2.24) is 0 Å². The van der Waals surface area contributed by atoms with E-state index in [-0.39, 0.29) is 24.3 Å². The molecule has 2 fully saturated rings. The van der Waals surface area contributed by atoms with Crippen molar-refractivity contribution in [2.24, 2.45) is 0 Å². The van der Waals surface area contributed by atoms with Gasteiger partial charge in [-0.1, -0.05) is 18.2 Å². The molecule has 2 N–H and O–H groups in total. The van der Waals surface area contributed by atoms with Gasteiger partial charge in [0, 0.05) is 5.69 Å². The minimum Gasteiger partial charge on any atom is -0.391 e. The van der Waals surface area contributed by atoms with E-state index in [9.17, 15) is 10.2 Å². The maximum atomic E-state index is 10.1. The summed E-state index contributed by atoms with van der Waals surface area (Å²) in [5.41, 5.74) is 1.13. The molecule has 2 aliphatic rings. The number of fused-ring (bicyclic) bond motifs is 2. The normalized spacial score (nSPS) is 36.9. The Bertz CT molecular complexity index is 363. The molecule has 1 aromatic rings. The number of piperidine rings is 2. The second kappa shape index (κ2) is 4.31. The molecule has 0 radical (unpaired) electrons. The van der Waals surface area contributed by atoms with Gasteiger partial charge < -0.3 is 15.1 Å². The maximum absolute atomic E-state index is 10.1. The Labute approximate surface area is 102 Å². The summed E-state index contributed by atoms with van der Waals surface area (Å²) < 4.78 is 0. The molecule has 4 atom stereocenters. The van der Waals surface area contributed by atoms with Crippen LogP contribution in [0.15, 0.2) is 30.3 Å². The van der Waals surface area contributed by atoms with Crippen LogP contribution in [-0.4, -0.2) is 34.5 Å². The van der Waals surface area contributed by atoms with Gasteiger partial charge in [0.15, 0.2) is 0 Å². The largest absolute Gasteiger partial charge is 0.391 e. The van der Waals surface area contributed by atoms with Gasteiger partial charge in [-0.05, 0) is 37.8 Å². The molecule has 92 valence electrons. The fourth-order valence-electron chi connectivity index (χ4n) is 3.33. The average molecular weight is 233 g/mol. The van der Waals surface area contributed by atoms with Crippen LogP contribution >= 0.6 is 0 Å². The second-order valence-electron chi connectivity index (χ2n) is 5.17. The minimum absolute atomic E-state index is 0.180. The SMILES string of the molecule is O[C@@H]1CC[C@H]2[C@@H](O)CC[C@@H]1N2c1ccccc1. The molecule has 1 aromatic carbocycles. The average Bonchev–Trinajstić information content (AvgIpc) is 2.37. The van der Waals surface area contributed by atoms with Crippen LogP contribution in [0.2, 0.25) is 0 Å². The molecule has 3 rings (SSSR count). The first-order valence-corrected chi connectivity index (χ1v) is 6.47. The minimum atomic E-state index is -0.251. The molecule has 0 unspecified atom stereocenters. The number of rotatable bonds is 1. The number of anilines is 1. The fourth-order valence-corrected chi connectivity index (χ4v) is 3.33. The monoisotopic (exact) mass is 233 g/mol. The maximum Gasteiger partial charge on any atom is 0.0744 e. The van der Waals surface area contributed by atoms with Gasteiger partial charge in [-0.25, -0.2) is 0 Å². The summed E-state index contributed by atoms with van der Waals surface area (Å²) in [6, 6.07) is 10.5. The molecule has 0 aliphatic carbocycles. The summed E-state index contributed by atoms with van der Waals surface area (Å²) in [4.78, 5) is 2.24. The highest BCUT2D eigenvalue weighted by Crippen LogP contribution is 2.37. The smallest absolute Gasteiger partial charge is 0.0744 e. The predicted molar refractivity (Wildman–Crippen MR) is 67.0 cm³/mol. The van der Waals surface area contributed by atoms with Crippen molar-refractivity contribution in [2.45, 2.75) is 50.0 Å². The van der Waals surface area contributed by atoms with E-state index in [1.165, 1.54) is 0 Å². The molecule has 0 aromatic heterocycles. The molecule has 0 amide bonds. The van der Waals surface area contributed by atoms with Crippen molar-refractivity contribution >= 4 is 5.69 Å². The quantitative estimate of drug-likeness (QED) is 0.773. The van der Waals surface area contributed by atoms with E-state index in [2.05, 4.69) is 17.0 Å². The van der Waals surface area contributed by atoms with Crippen molar-refractivity contribution in [2.75, 3.05) is 4.90 Å². The zero-order valence-corrected chi connectivity index (χ0v) is 9.87. The van der Waals surface area contributed by atoms with Gasteiger partial charge in [0.05, 0.1) is 24.3 Å². The van der Waals surface area contributed by atoms with Crippen LogP contribution in [0.5, 0.6) is 0 Å². The fraction of sp³-hybridized carbons (Fsp3) is 0.571. The number of aliphatic hydroxyl groups is 2. The third-order valence-electron chi connectivity index (χ3n) is 4.17. The van der Waals surface area contributed by atoms with E-state index in [1.54, 1.807) is 0 Å². The lowest BCUT2D eigenvalue weighted by Crippen LogP contribution is -2.61. The lowest BCUT2D eigenvalue weighted by molar-refractivity contribution is 0.0202. The number of hydrogen-bond donors (Lipinski definition) is 2. The Balaban J connectivity index is 1.95. The molecule has 2 heterocycles. The molecule has 2 aliphatic heterocycles. The molecule has 2 saturated heterocycles. The topological polar surface area (TPSA) is 43.7 Å². The number of aliphatic hydroxyl groups excluding tert-OH is 2. The Morgan fingerprint density at radius 1 is 0.824 bits per heavy atom. The lowest BCUT2D eigenvalue weighted by Gasteiger charge is -2.51. The summed E-state index contributed by atoms with van der Waals surface area (Å²) in [5, 5.41) is 20.2. The first kappa shape index (κ1) is 11.1. The van der Waals surface area contributed by atoms with Crippen LogP contribution in [0.3, 0.4) is 0 Å². The summed E-state index contributed by atoms with van der Waals surface area (Å²) >= 11 is 0. The van der Waals surface area contributed by atoms with Crippen molar-refractivity contribution in [3.05, 3.63) is 30.3 Å². The van der Waals surface area contributed by atoms with E-state index < -0.39 is 0 Å². The Kier molecular flexibility index (Phi) is 2.81. The summed E-state index contributed by atoms with van der Waals surface area (Å²) in [6.07, 6.45) is 2.89. The zero-order valence-electron chi connectivity index (χ0n) is 9.87. The van der Waals surface area contributed by atoms with Gasteiger partial charge in [0.25, 0.3) is 0 Å². The third kappa shape index (κ3) is 1.83. The number of hydrogen-bond acceptors (Lipinski definition) is 3. The molecule has 3 heteroatoms.